The van der Waals surface area contributed by atoms with Crippen LogP contribution in [0.4, 0.5) is 4.79 Å². The van der Waals surface area contributed by atoms with E-state index in [9.17, 15) is 24.0 Å². The molecule has 1 aromatic carbocycles. The third-order valence-corrected chi connectivity index (χ3v) is 10.5. The molecule has 5 rings (SSSR count). The Morgan fingerprint density at radius 3 is 2.33 bits per heavy atom. The number of nitrogens with zero attached hydrogens (tertiary/aromatic N) is 1. The van der Waals surface area contributed by atoms with E-state index in [2.05, 4.69) is 48.5 Å². The molecule has 1 aromatic rings. The van der Waals surface area contributed by atoms with Crippen molar-refractivity contribution < 1.29 is 28.7 Å². The quantitative estimate of drug-likeness (QED) is 0.242. The minimum Gasteiger partial charge on any atom is -0.446 e. The summed E-state index contributed by atoms with van der Waals surface area (Å²) in [6.45, 7) is 10.1. The van der Waals surface area contributed by atoms with Crippen molar-refractivity contribution in [2.45, 2.75) is 103 Å². The van der Waals surface area contributed by atoms with Crippen LogP contribution in [0.5, 0.6) is 0 Å². The highest BCUT2D eigenvalue weighted by molar-refractivity contribution is 6.38. The number of rotatable bonds is 12. The van der Waals surface area contributed by atoms with E-state index in [0.29, 0.717) is 32.2 Å². The number of hydrogen-bond donors (Lipinski definition) is 3. The second-order valence-corrected chi connectivity index (χ2v) is 13.8. The van der Waals surface area contributed by atoms with Crippen LogP contribution in [0.2, 0.25) is 0 Å². The Bertz CT molecular complexity index is 1300. The molecule has 1 heterocycles. The first-order chi connectivity index (χ1) is 21.6. The van der Waals surface area contributed by atoms with Crippen LogP contribution in [-0.4, -0.2) is 71.8 Å². The second kappa shape index (κ2) is 13.7. The molecule has 0 radical (unpaired) electrons. The number of ether oxygens (including phenoxy) is 1. The van der Waals surface area contributed by atoms with Gasteiger partial charge in [0.2, 0.25) is 17.6 Å². The van der Waals surface area contributed by atoms with E-state index >= 15 is 0 Å². The summed E-state index contributed by atoms with van der Waals surface area (Å²) in [5.41, 5.74) is 2.15. The van der Waals surface area contributed by atoms with Gasteiger partial charge in [-0.1, -0.05) is 64.0 Å². The molecular formula is C35H48N4O6. The number of alkyl carbamates (subject to hydrolysis) is 1. The van der Waals surface area contributed by atoms with Gasteiger partial charge in [-0.25, -0.2) is 4.79 Å². The van der Waals surface area contributed by atoms with E-state index in [-0.39, 0.29) is 41.7 Å². The van der Waals surface area contributed by atoms with Crippen LogP contribution in [0.15, 0.2) is 36.9 Å². The van der Waals surface area contributed by atoms with Gasteiger partial charge in [-0.15, -0.1) is 6.58 Å². The predicted molar refractivity (Wildman–Crippen MR) is 169 cm³/mol. The molecule has 0 bridgehead atoms. The summed E-state index contributed by atoms with van der Waals surface area (Å²) < 4.78 is 5.78. The van der Waals surface area contributed by atoms with Gasteiger partial charge in [-0.3, -0.25) is 19.2 Å². The highest BCUT2D eigenvalue weighted by atomic mass is 16.6. The highest BCUT2D eigenvalue weighted by Gasteiger charge is 2.69. The molecule has 2 saturated carbocycles. The van der Waals surface area contributed by atoms with Crippen molar-refractivity contribution >= 4 is 29.6 Å². The number of likely N-dealkylation sites (tertiary alicyclic amines) is 1. The lowest BCUT2D eigenvalue weighted by molar-refractivity contribution is -0.144. The Morgan fingerprint density at radius 1 is 1.04 bits per heavy atom. The number of carbonyl (C=O) groups excluding carboxylic acids is 5. The molecule has 1 saturated heterocycles. The zero-order chi connectivity index (χ0) is 32.3. The number of fused-ring (bicyclic) bond motifs is 2. The Morgan fingerprint density at radius 2 is 1.71 bits per heavy atom. The summed E-state index contributed by atoms with van der Waals surface area (Å²) >= 11 is 0. The van der Waals surface area contributed by atoms with Gasteiger partial charge in [0.25, 0.3) is 5.91 Å². The Hall–Kier alpha value is -3.69. The van der Waals surface area contributed by atoms with Gasteiger partial charge < -0.3 is 25.6 Å². The van der Waals surface area contributed by atoms with Crippen LogP contribution in [0.25, 0.3) is 0 Å². The largest absolute Gasteiger partial charge is 0.446 e. The molecule has 0 spiro atoms. The SMILES string of the molecule is C=CCNC(=O)C(=O)C(CCC)NC(=O)C1C2C(CN1C(=O)C(NC(=O)OC1CCCCC1)C1Cc3ccccc3C1)C2(C)C. The second-order valence-electron chi connectivity index (χ2n) is 13.8. The van der Waals surface area contributed by atoms with E-state index in [4.69, 9.17) is 4.74 Å². The molecule has 3 aliphatic carbocycles. The molecule has 0 aromatic heterocycles. The highest BCUT2D eigenvalue weighted by Crippen LogP contribution is 2.65. The summed E-state index contributed by atoms with van der Waals surface area (Å²) in [5, 5.41) is 8.27. The van der Waals surface area contributed by atoms with Crippen molar-refractivity contribution in [1.29, 1.82) is 0 Å². The summed E-state index contributed by atoms with van der Waals surface area (Å²) in [4.78, 5) is 68.8. The maximum Gasteiger partial charge on any atom is 0.408 e. The van der Waals surface area contributed by atoms with Gasteiger partial charge in [0.15, 0.2) is 0 Å². The third kappa shape index (κ3) is 6.94. The number of carbonyl (C=O) groups is 5. The first-order valence-corrected chi connectivity index (χ1v) is 16.6. The van der Waals surface area contributed by atoms with Gasteiger partial charge in [0, 0.05) is 13.1 Å². The maximum absolute atomic E-state index is 14.5. The zero-order valence-electron chi connectivity index (χ0n) is 26.8. The lowest BCUT2D eigenvalue weighted by atomic mass is 9.93. The first-order valence-electron chi connectivity index (χ1n) is 16.6. The van der Waals surface area contributed by atoms with Crippen molar-refractivity contribution in [1.82, 2.24) is 20.9 Å². The molecular weight excluding hydrogens is 572 g/mol. The molecule has 10 heteroatoms. The third-order valence-electron chi connectivity index (χ3n) is 10.5. The number of Topliss-reactive ketones (excluding diaryl/α,β-unsaturated/α-hetero) is 1. The molecule has 4 amide bonds. The Balaban J connectivity index is 1.36. The fourth-order valence-corrected chi connectivity index (χ4v) is 7.92. The fraction of sp³-hybridized carbons (Fsp3) is 0.629. The molecule has 45 heavy (non-hydrogen) atoms. The standard InChI is InChI=1S/C35H48N4O6/c1-5-12-26(30(40)32(42)36-17-6-2)37-31(41)29-27-25(35(27,3)4)20-39(29)33(43)28(23-18-21-13-10-11-14-22(21)19-23)38-34(44)45-24-15-8-7-9-16-24/h6,10-11,13-14,23-29H,2,5,7-9,12,15-20H2,1,3-4H3,(H,36,42)(H,37,41)(H,38,44). The van der Waals surface area contributed by atoms with Gasteiger partial charge >= 0.3 is 6.09 Å². The van der Waals surface area contributed by atoms with E-state index < -0.39 is 41.8 Å². The van der Waals surface area contributed by atoms with E-state index in [0.717, 1.165) is 43.2 Å². The number of nitrogens with one attached hydrogen (secondary N) is 3. The minimum absolute atomic E-state index is 0.0935. The Kier molecular flexibility index (Phi) is 9.99. The molecule has 1 aliphatic heterocycles. The normalized spacial score (nSPS) is 24.9. The summed E-state index contributed by atoms with van der Waals surface area (Å²) in [6, 6.07) is 5.36. The van der Waals surface area contributed by atoms with Crippen LogP contribution in [0.1, 0.15) is 76.8 Å². The van der Waals surface area contributed by atoms with Crippen LogP contribution >= 0.6 is 0 Å². The summed E-state index contributed by atoms with van der Waals surface area (Å²) in [6.07, 6.45) is 7.64. The van der Waals surface area contributed by atoms with Gasteiger partial charge in [-0.2, -0.15) is 0 Å². The average molecular weight is 621 g/mol. The lowest BCUT2D eigenvalue weighted by Gasteiger charge is -2.35. The molecule has 3 fully saturated rings. The zero-order valence-corrected chi connectivity index (χ0v) is 26.8. The van der Waals surface area contributed by atoms with Crippen LogP contribution < -0.4 is 16.0 Å². The molecule has 4 aliphatic rings. The molecule has 5 atom stereocenters. The number of piperidine rings is 1. The maximum atomic E-state index is 14.5. The van der Waals surface area contributed by atoms with Crippen molar-refractivity contribution in [2.24, 2.45) is 23.2 Å². The van der Waals surface area contributed by atoms with Gasteiger partial charge in [0.05, 0.1) is 6.04 Å². The number of benzene rings is 1. The number of amides is 4. The van der Waals surface area contributed by atoms with Crippen LogP contribution in [-0.2, 0) is 36.8 Å². The molecule has 10 nitrogen and oxygen atoms in total. The van der Waals surface area contributed by atoms with Gasteiger partial charge in [-0.05, 0) is 79.2 Å². The first kappa shape index (κ1) is 32.7. The smallest absolute Gasteiger partial charge is 0.408 e. The summed E-state index contributed by atoms with van der Waals surface area (Å²) in [5.74, 6) is -2.41. The van der Waals surface area contributed by atoms with E-state index in [1.165, 1.54) is 6.08 Å². The van der Waals surface area contributed by atoms with Crippen molar-refractivity contribution in [3.8, 4) is 0 Å². The molecule has 244 valence electrons. The van der Waals surface area contributed by atoms with E-state index in [1.54, 1.807) is 4.90 Å². The van der Waals surface area contributed by atoms with Gasteiger partial charge in [0.1, 0.15) is 18.2 Å². The topological polar surface area (TPSA) is 134 Å². The van der Waals surface area contributed by atoms with Crippen LogP contribution in [0.3, 0.4) is 0 Å². The Labute approximate surface area is 266 Å². The number of hydrogen-bond acceptors (Lipinski definition) is 6. The predicted octanol–water partition coefficient (Wildman–Crippen LogP) is 3.47. The fourth-order valence-electron chi connectivity index (χ4n) is 7.92. The van der Waals surface area contributed by atoms with E-state index in [1.807, 2.05) is 19.1 Å². The minimum atomic E-state index is -1.01. The summed E-state index contributed by atoms with van der Waals surface area (Å²) in [7, 11) is 0. The van der Waals surface area contributed by atoms with Crippen molar-refractivity contribution in [3.05, 3.63) is 48.0 Å². The van der Waals surface area contributed by atoms with Crippen molar-refractivity contribution in [2.75, 3.05) is 13.1 Å². The van der Waals surface area contributed by atoms with Crippen molar-refractivity contribution in [3.63, 3.8) is 0 Å². The molecule has 3 N–H and O–H groups in total. The molecule has 5 unspecified atom stereocenters. The van der Waals surface area contributed by atoms with Crippen LogP contribution in [0, 0.1) is 23.2 Å². The average Bonchev–Trinajstić information content (AvgIpc) is 3.39. The lowest BCUT2D eigenvalue weighted by Crippen LogP contribution is -2.59. The number of ketones is 1. The monoisotopic (exact) mass is 620 g/mol.